The van der Waals surface area contributed by atoms with Crippen LogP contribution in [0.4, 0.5) is 0 Å². The average Bonchev–Trinajstić information content (AvgIpc) is 2.31. The van der Waals surface area contributed by atoms with Crippen LogP contribution in [0.3, 0.4) is 0 Å². The highest BCUT2D eigenvalue weighted by Crippen LogP contribution is 2.21. The van der Waals surface area contributed by atoms with Gasteiger partial charge in [-0.3, -0.25) is 0 Å². The molecule has 0 saturated carbocycles. The van der Waals surface area contributed by atoms with Crippen LogP contribution in [-0.4, -0.2) is 5.11 Å². The first-order valence-electron chi connectivity index (χ1n) is 6.58. The fraction of sp³-hybridized carbons (Fsp3) is 0.600. The molecule has 0 aliphatic rings. The lowest BCUT2D eigenvalue weighted by Gasteiger charge is -2.06. The minimum Gasteiger partial charge on any atom is -0.508 e. The predicted molar refractivity (Wildman–Crippen MR) is 69.9 cm³/mol. The van der Waals surface area contributed by atoms with Gasteiger partial charge in [0.1, 0.15) is 5.75 Å². The van der Waals surface area contributed by atoms with Gasteiger partial charge in [-0.25, -0.2) is 0 Å². The Hall–Kier alpha value is -0.980. The van der Waals surface area contributed by atoms with Gasteiger partial charge in [-0.05, 0) is 36.5 Å². The van der Waals surface area contributed by atoms with Gasteiger partial charge in [0.05, 0.1) is 0 Å². The highest BCUT2D eigenvalue weighted by molar-refractivity contribution is 5.36. The molecule has 16 heavy (non-hydrogen) atoms. The zero-order valence-corrected chi connectivity index (χ0v) is 10.6. The summed E-state index contributed by atoms with van der Waals surface area (Å²) < 4.78 is 0. The Balaban J connectivity index is 2.40. The summed E-state index contributed by atoms with van der Waals surface area (Å²) >= 11 is 0. The number of hydrogen-bond donors (Lipinski definition) is 1. The van der Waals surface area contributed by atoms with Crippen LogP contribution in [0.2, 0.25) is 0 Å². The Morgan fingerprint density at radius 2 is 1.75 bits per heavy atom. The number of aryl methyl sites for hydroxylation is 2. The molecule has 0 aliphatic carbocycles. The van der Waals surface area contributed by atoms with E-state index in [-0.39, 0.29) is 0 Å². The van der Waals surface area contributed by atoms with Crippen molar-refractivity contribution in [3.8, 4) is 5.75 Å². The zero-order chi connectivity index (χ0) is 11.8. The number of phenols is 1. The van der Waals surface area contributed by atoms with E-state index in [1.807, 2.05) is 12.1 Å². The fourth-order valence-corrected chi connectivity index (χ4v) is 1.98. The van der Waals surface area contributed by atoms with E-state index in [2.05, 4.69) is 19.9 Å². The first kappa shape index (κ1) is 13.1. The summed E-state index contributed by atoms with van der Waals surface area (Å²) in [6.07, 6.45) is 8.49. The first-order chi connectivity index (χ1) is 7.77. The molecule has 0 unspecified atom stereocenters. The van der Waals surface area contributed by atoms with Gasteiger partial charge in [-0.2, -0.15) is 0 Å². The largest absolute Gasteiger partial charge is 0.508 e. The van der Waals surface area contributed by atoms with Crippen LogP contribution < -0.4 is 0 Å². The molecular formula is C15H24O. The first-order valence-corrected chi connectivity index (χ1v) is 6.58. The van der Waals surface area contributed by atoms with Crippen LogP contribution in [0.15, 0.2) is 18.2 Å². The van der Waals surface area contributed by atoms with Crippen molar-refractivity contribution in [3.05, 3.63) is 29.3 Å². The summed E-state index contributed by atoms with van der Waals surface area (Å²) in [4.78, 5) is 0. The van der Waals surface area contributed by atoms with E-state index in [1.54, 1.807) is 0 Å². The molecular weight excluding hydrogens is 196 g/mol. The molecule has 0 aromatic heterocycles. The lowest BCUT2D eigenvalue weighted by molar-refractivity contribution is 0.465. The molecule has 0 fully saturated rings. The number of benzene rings is 1. The molecule has 0 amide bonds. The zero-order valence-electron chi connectivity index (χ0n) is 10.6. The highest BCUT2D eigenvalue weighted by Gasteiger charge is 2.01. The van der Waals surface area contributed by atoms with Crippen molar-refractivity contribution in [3.63, 3.8) is 0 Å². The van der Waals surface area contributed by atoms with Crippen molar-refractivity contribution >= 4 is 0 Å². The summed E-state index contributed by atoms with van der Waals surface area (Å²) in [6.45, 7) is 4.38. The van der Waals surface area contributed by atoms with Crippen LogP contribution in [0, 0.1) is 0 Å². The van der Waals surface area contributed by atoms with Gasteiger partial charge in [0, 0.05) is 0 Å². The molecule has 0 bridgehead atoms. The second-order valence-electron chi connectivity index (χ2n) is 4.48. The molecule has 1 aromatic rings. The third kappa shape index (κ3) is 4.26. The second-order valence-corrected chi connectivity index (χ2v) is 4.48. The Bertz CT molecular complexity index is 304. The standard InChI is InChI=1S/C15H24O/c1-3-5-6-7-8-9-14-12-13(4-2)10-11-15(14)16/h10-12,16H,3-9H2,1-2H3. The summed E-state index contributed by atoms with van der Waals surface area (Å²) in [5.41, 5.74) is 2.44. The summed E-state index contributed by atoms with van der Waals surface area (Å²) in [7, 11) is 0. The Labute approximate surface area is 99.5 Å². The number of rotatable bonds is 7. The molecule has 0 radical (unpaired) electrons. The molecule has 1 nitrogen and oxygen atoms in total. The maximum atomic E-state index is 9.73. The number of hydrogen-bond acceptors (Lipinski definition) is 1. The fourth-order valence-electron chi connectivity index (χ4n) is 1.98. The van der Waals surface area contributed by atoms with E-state index in [9.17, 15) is 5.11 Å². The molecule has 0 saturated heterocycles. The molecule has 0 spiro atoms. The lowest BCUT2D eigenvalue weighted by Crippen LogP contribution is -1.90. The van der Waals surface area contributed by atoms with E-state index < -0.39 is 0 Å². The van der Waals surface area contributed by atoms with E-state index in [0.29, 0.717) is 5.75 Å². The van der Waals surface area contributed by atoms with Crippen LogP contribution in [0.1, 0.15) is 57.1 Å². The molecule has 1 heteroatoms. The van der Waals surface area contributed by atoms with E-state index >= 15 is 0 Å². The Morgan fingerprint density at radius 1 is 1.00 bits per heavy atom. The average molecular weight is 220 g/mol. The SMILES string of the molecule is CCCCCCCc1cc(CC)ccc1O. The van der Waals surface area contributed by atoms with Gasteiger partial charge in [0.15, 0.2) is 0 Å². The maximum Gasteiger partial charge on any atom is 0.118 e. The van der Waals surface area contributed by atoms with E-state index in [4.69, 9.17) is 0 Å². The van der Waals surface area contributed by atoms with Crippen LogP contribution in [0.5, 0.6) is 5.75 Å². The number of aromatic hydroxyl groups is 1. The van der Waals surface area contributed by atoms with Crippen molar-refractivity contribution < 1.29 is 5.11 Å². The summed E-state index contributed by atoms with van der Waals surface area (Å²) in [6, 6.07) is 5.99. The molecule has 1 aromatic carbocycles. The molecule has 90 valence electrons. The summed E-state index contributed by atoms with van der Waals surface area (Å²) in [5, 5.41) is 9.73. The van der Waals surface area contributed by atoms with Gasteiger partial charge in [0.25, 0.3) is 0 Å². The molecule has 1 rings (SSSR count). The highest BCUT2D eigenvalue weighted by atomic mass is 16.3. The van der Waals surface area contributed by atoms with Crippen molar-refractivity contribution in [2.75, 3.05) is 0 Å². The Morgan fingerprint density at radius 3 is 2.44 bits per heavy atom. The normalized spacial score (nSPS) is 10.6. The smallest absolute Gasteiger partial charge is 0.118 e. The van der Waals surface area contributed by atoms with Crippen LogP contribution in [-0.2, 0) is 12.8 Å². The monoisotopic (exact) mass is 220 g/mol. The minimum atomic E-state index is 0.465. The molecule has 0 aliphatic heterocycles. The number of phenolic OH excluding ortho intramolecular Hbond substituents is 1. The second kappa shape index (κ2) is 7.32. The van der Waals surface area contributed by atoms with E-state index in [0.717, 1.165) is 18.4 Å². The lowest BCUT2D eigenvalue weighted by atomic mass is 10.0. The third-order valence-corrected chi connectivity index (χ3v) is 3.10. The van der Waals surface area contributed by atoms with Crippen molar-refractivity contribution in [2.24, 2.45) is 0 Å². The molecule has 0 heterocycles. The van der Waals surface area contributed by atoms with Crippen molar-refractivity contribution in [1.29, 1.82) is 0 Å². The minimum absolute atomic E-state index is 0.465. The van der Waals surface area contributed by atoms with Crippen molar-refractivity contribution in [2.45, 2.75) is 58.8 Å². The van der Waals surface area contributed by atoms with Gasteiger partial charge in [0.2, 0.25) is 0 Å². The maximum absolute atomic E-state index is 9.73. The molecule has 0 atom stereocenters. The number of unbranched alkanes of at least 4 members (excludes halogenated alkanes) is 4. The van der Waals surface area contributed by atoms with Gasteiger partial charge < -0.3 is 5.11 Å². The predicted octanol–water partition coefficient (Wildman–Crippen LogP) is 4.47. The Kier molecular flexibility index (Phi) is 5.99. The van der Waals surface area contributed by atoms with Crippen LogP contribution >= 0.6 is 0 Å². The van der Waals surface area contributed by atoms with Gasteiger partial charge in [-0.15, -0.1) is 0 Å². The summed E-state index contributed by atoms with van der Waals surface area (Å²) in [5.74, 6) is 0.465. The third-order valence-electron chi connectivity index (χ3n) is 3.10. The van der Waals surface area contributed by atoms with Gasteiger partial charge in [-0.1, -0.05) is 51.7 Å². The van der Waals surface area contributed by atoms with Crippen LogP contribution in [0.25, 0.3) is 0 Å². The topological polar surface area (TPSA) is 20.2 Å². The molecule has 1 N–H and O–H groups in total. The quantitative estimate of drug-likeness (QED) is 0.672. The van der Waals surface area contributed by atoms with Gasteiger partial charge >= 0.3 is 0 Å². The van der Waals surface area contributed by atoms with Crippen molar-refractivity contribution in [1.82, 2.24) is 0 Å². The van der Waals surface area contributed by atoms with E-state index in [1.165, 1.54) is 37.7 Å².